The molecule has 0 spiro atoms. The van der Waals surface area contributed by atoms with Crippen molar-refractivity contribution in [1.82, 2.24) is 9.97 Å². The fraction of sp³-hybridized carbons (Fsp3) is 0.0667. The van der Waals surface area contributed by atoms with Gasteiger partial charge in [0.1, 0.15) is 11.4 Å². The molecule has 0 saturated heterocycles. The standard InChI is InChI=1S/C15H11ClN2O2S/c1-8-6-21-7-10(8)13-17-14(19)12(15(20)18-13)9-4-2-3-5-11(9)16/h2-7H,1H3,(H2,17,18,19,20). The minimum Gasteiger partial charge on any atom is -0.493 e. The molecule has 0 amide bonds. The monoisotopic (exact) mass is 318 g/mol. The van der Waals surface area contributed by atoms with Gasteiger partial charge < -0.3 is 10.1 Å². The van der Waals surface area contributed by atoms with Crippen LogP contribution in [-0.2, 0) is 0 Å². The lowest BCUT2D eigenvalue weighted by Crippen LogP contribution is -2.12. The Morgan fingerprint density at radius 3 is 2.62 bits per heavy atom. The largest absolute Gasteiger partial charge is 0.493 e. The molecule has 6 heteroatoms. The number of hydrogen-bond donors (Lipinski definition) is 2. The Kier molecular flexibility index (Phi) is 3.53. The van der Waals surface area contributed by atoms with Crippen molar-refractivity contribution in [2.24, 2.45) is 0 Å². The molecule has 0 bridgehead atoms. The average molecular weight is 319 g/mol. The second kappa shape index (κ2) is 5.35. The van der Waals surface area contributed by atoms with E-state index in [1.807, 2.05) is 17.7 Å². The van der Waals surface area contributed by atoms with Crippen LogP contribution in [0.25, 0.3) is 22.5 Å². The summed E-state index contributed by atoms with van der Waals surface area (Å²) in [7, 11) is 0. The molecule has 0 unspecified atom stereocenters. The molecule has 0 aliphatic heterocycles. The van der Waals surface area contributed by atoms with Gasteiger partial charge in [0.05, 0.1) is 0 Å². The number of H-pyrrole nitrogens is 1. The number of aryl methyl sites for hydroxylation is 1. The first kappa shape index (κ1) is 13.9. The summed E-state index contributed by atoms with van der Waals surface area (Å²) in [6, 6.07) is 6.83. The number of rotatable bonds is 2. The third-order valence-electron chi connectivity index (χ3n) is 3.15. The summed E-state index contributed by atoms with van der Waals surface area (Å²) in [5.74, 6) is 0.0273. The van der Waals surface area contributed by atoms with E-state index in [1.165, 1.54) is 11.3 Å². The molecule has 2 heterocycles. The van der Waals surface area contributed by atoms with E-state index in [-0.39, 0.29) is 11.4 Å². The van der Waals surface area contributed by atoms with Crippen molar-refractivity contribution in [3.05, 3.63) is 56.0 Å². The number of nitrogens with zero attached hydrogens (tertiary/aromatic N) is 1. The number of aromatic amines is 1. The minimum atomic E-state index is -0.420. The quantitative estimate of drug-likeness (QED) is 0.754. The van der Waals surface area contributed by atoms with Gasteiger partial charge in [0.15, 0.2) is 0 Å². The molecule has 3 rings (SSSR count). The summed E-state index contributed by atoms with van der Waals surface area (Å²) in [4.78, 5) is 19.1. The highest BCUT2D eigenvalue weighted by Crippen LogP contribution is 2.31. The topological polar surface area (TPSA) is 66.0 Å². The van der Waals surface area contributed by atoms with Gasteiger partial charge in [-0.25, -0.2) is 0 Å². The van der Waals surface area contributed by atoms with E-state index in [0.29, 0.717) is 16.4 Å². The van der Waals surface area contributed by atoms with Crippen LogP contribution in [-0.4, -0.2) is 15.1 Å². The van der Waals surface area contributed by atoms with Gasteiger partial charge >= 0.3 is 0 Å². The van der Waals surface area contributed by atoms with Crippen molar-refractivity contribution in [1.29, 1.82) is 0 Å². The summed E-state index contributed by atoms with van der Waals surface area (Å²) < 4.78 is 0. The van der Waals surface area contributed by atoms with E-state index in [9.17, 15) is 9.90 Å². The van der Waals surface area contributed by atoms with Gasteiger partial charge in [0.25, 0.3) is 5.56 Å². The van der Waals surface area contributed by atoms with Gasteiger partial charge in [0, 0.05) is 21.5 Å². The second-order valence-electron chi connectivity index (χ2n) is 4.56. The van der Waals surface area contributed by atoms with Crippen molar-refractivity contribution >= 4 is 22.9 Å². The van der Waals surface area contributed by atoms with Crippen LogP contribution >= 0.6 is 22.9 Å². The highest BCUT2D eigenvalue weighted by Gasteiger charge is 2.17. The fourth-order valence-corrected chi connectivity index (χ4v) is 3.16. The molecule has 106 valence electrons. The Morgan fingerprint density at radius 2 is 2.00 bits per heavy atom. The summed E-state index contributed by atoms with van der Waals surface area (Å²) in [6.07, 6.45) is 0. The van der Waals surface area contributed by atoms with Crippen LogP contribution in [0.4, 0.5) is 0 Å². The minimum absolute atomic E-state index is 0.0808. The number of aromatic nitrogens is 2. The summed E-state index contributed by atoms with van der Waals surface area (Å²) in [6.45, 7) is 1.92. The van der Waals surface area contributed by atoms with Gasteiger partial charge in [-0.05, 0) is 23.9 Å². The zero-order valence-electron chi connectivity index (χ0n) is 11.1. The molecule has 2 N–H and O–H groups in total. The molecule has 0 atom stereocenters. The van der Waals surface area contributed by atoms with E-state index in [0.717, 1.165) is 11.1 Å². The lowest BCUT2D eigenvalue weighted by Gasteiger charge is -2.07. The number of aromatic hydroxyl groups is 1. The van der Waals surface area contributed by atoms with Crippen LogP contribution in [0.15, 0.2) is 39.8 Å². The SMILES string of the molecule is Cc1cscc1-c1nc(O)c(-c2ccccc2Cl)c(=O)[nH]1. The van der Waals surface area contributed by atoms with Gasteiger partial charge in [-0.15, -0.1) is 0 Å². The number of hydrogen-bond acceptors (Lipinski definition) is 4. The van der Waals surface area contributed by atoms with Crippen LogP contribution < -0.4 is 5.56 Å². The molecule has 4 nitrogen and oxygen atoms in total. The number of benzene rings is 1. The summed E-state index contributed by atoms with van der Waals surface area (Å²) in [5, 5.41) is 14.4. The number of nitrogens with one attached hydrogen (secondary N) is 1. The molecule has 21 heavy (non-hydrogen) atoms. The van der Waals surface area contributed by atoms with Gasteiger partial charge in [-0.2, -0.15) is 16.3 Å². The first-order chi connectivity index (χ1) is 10.1. The molecular formula is C15H11ClN2O2S. The smallest absolute Gasteiger partial charge is 0.262 e. The predicted molar refractivity (Wildman–Crippen MR) is 85.0 cm³/mol. The Balaban J connectivity index is 2.21. The molecule has 3 aromatic rings. The molecular weight excluding hydrogens is 308 g/mol. The van der Waals surface area contributed by atoms with Crippen molar-refractivity contribution < 1.29 is 5.11 Å². The van der Waals surface area contributed by atoms with Crippen LogP contribution in [0.1, 0.15) is 5.56 Å². The van der Waals surface area contributed by atoms with E-state index in [4.69, 9.17) is 11.6 Å². The maximum absolute atomic E-state index is 12.3. The zero-order valence-corrected chi connectivity index (χ0v) is 12.6. The Morgan fingerprint density at radius 1 is 1.24 bits per heavy atom. The van der Waals surface area contributed by atoms with Gasteiger partial charge in [-0.3, -0.25) is 4.79 Å². The van der Waals surface area contributed by atoms with Gasteiger partial charge in [0.2, 0.25) is 5.88 Å². The molecule has 0 saturated carbocycles. The molecule has 0 radical (unpaired) electrons. The van der Waals surface area contributed by atoms with E-state index in [2.05, 4.69) is 9.97 Å². The normalized spacial score (nSPS) is 10.8. The molecule has 0 aliphatic carbocycles. The molecule has 0 aliphatic rings. The Labute approximate surface area is 129 Å². The molecule has 2 aromatic heterocycles. The van der Waals surface area contributed by atoms with Gasteiger partial charge in [-0.1, -0.05) is 29.8 Å². The second-order valence-corrected chi connectivity index (χ2v) is 5.71. The Hall–Kier alpha value is -2.11. The van der Waals surface area contributed by atoms with Crippen LogP contribution in [0.5, 0.6) is 5.88 Å². The third kappa shape index (κ3) is 2.46. The lowest BCUT2D eigenvalue weighted by molar-refractivity contribution is 0.454. The fourth-order valence-electron chi connectivity index (χ4n) is 2.10. The van der Waals surface area contributed by atoms with Crippen LogP contribution in [0.2, 0.25) is 5.02 Å². The lowest BCUT2D eigenvalue weighted by atomic mass is 10.1. The number of thiophene rings is 1. The van der Waals surface area contributed by atoms with Crippen molar-refractivity contribution in [2.45, 2.75) is 6.92 Å². The first-order valence-electron chi connectivity index (χ1n) is 6.19. The van der Waals surface area contributed by atoms with E-state index < -0.39 is 5.56 Å². The maximum Gasteiger partial charge on any atom is 0.262 e. The first-order valence-corrected chi connectivity index (χ1v) is 7.51. The molecule has 0 fully saturated rings. The van der Waals surface area contributed by atoms with Crippen LogP contribution in [0.3, 0.4) is 0 Å². The molecule has 1 aromatic carbocycles. The highest BCUT2D eigenvalue weighted by atomic mass is 35.5. The van der Waals surface area contributed by atoms with E-state index >= 15 is 0 Å². The van der Waals surface area contributed by atoms with Crippen molar-refractivity contribution in [2.75, 3.05) is 0 Å². The zero-order chi connectivity index (χ0) is 15.0. The number of halogens is 1. The van der Waals surface area contributed by atoms with Crippen molar-refractivity contribution in [3.63, 3.8) is 0 Å². The van der Waals surface area contributed by atoms with E-state index in [1.54, 1.807) is 24.3 Å². The Bertz CT molecular complexity index is 870. The van der Waals surface area contributed by atoms with Crippen molar-refractivity contribution in [3.8, 4) is 28.4 Å². The maximum atomic E-state index is 12.3. The van der Waals surface area contributed by atoms with Crippen LogP contribution in [0, 0.1) is 6.92 Å². The summed E-state index contributed by atoms with van der Waals surface area (Å²) >= 11 is 7.59. The highest BCUT2D eigenvalue weighted by molar-refractivity contribution is 7.08. The summed E-state index contributed by atoms with van der Waals surface area (Å²) in [5.41, 5.74) is 1.92. The average Bonchev–Trinajstić information content (AvgIpc) is 2.86. The third-order valence-corrected chi connectivity index (χ3v) is 4.35. The predicted octanol–water partition coefficient (Wildman–Crippen LogP) is 3.83.